The molecule has 29 heavy (non-hydrogen) atoms. The predicted octanol–water partition coefficient (Wildman–Crippen LogP) is 2.71. The molecule has 1 aliphatic rings. The minimum atomic E-state index is -3.82. The zero-order chi connectivity index (χ0) is 21.0. The van der Waals surface area contributed by atoms with E-state index in [-0.39, 0.29) is 16.8 Å². The standard InChI is InChI=1S/C21H27N3O4S/c1-15(24(2)18-9-10-18)14-22-21(25)16-5-4-6-20(13-16)29(26,27)23-17-7-11-19(28-3)12-8-17/h4-8,11-13,15,18,23H,9-10,14H2,1-3H3,(H,22,25). The molecule has 156 valence electrons. The number of carbonyl (C=O) groups excluding carboxylic acids is 1. The van der Waals surface area contributed by atoms with Gasteiger partial charge in [0.1, 0.15) is 5.75 Å². The van der Waals surface area contributed by atoms with Crippen molar-refractivity contribution in [2.24, 2.45) is 0 Å². The Kier molecular flexibility index (Phi) is 6.44. The summed E-state index contributed by atoms with van der Waals surface area (Å²) in [6.45, 7) is 2.57. The third kappa shape index (κ3) is 5.48. The maximum Gasteiger partial charge on any atom is 0.261 e. The van der Waals surface area contributed by atoms with Crippen LogP contribution in [-0.2, 0) is 10.0 Å². The Balaban J connectivity index is 1.66. The molecule has 0 bridgehead atoms. The first-order valence-corrected chi connectivity index (χ1v) is 11.1. The van der Waals surface area contributed by atoms with E-state index in [1.165, 1.54) is 25.0 Å². The zero-order valence-corrected chi connectivity index (χ0v) is 17.7. The second-order valence-electron chi connectivity index (χ2n) is 7.32. The van der Waals surface area contributed by atoms with E-state index >= 15 is 0 Å². The van der Waals surface area contributed by atoms with Gasteiger partial charge in [0.15, 0.2) is 0 Å². The van der Waals surface area contributed by atoms with Crippen molar-refractivity contribution >= 4 is 21.6 Å². The summed E-state index contributed by atoms with van der Waals surface area (Å²) < 4.78 is 33.0. The van der Waals surface area contributed by atoms with Crippen molar-refractivity contribution in [2.45, 2.75) is 36.7 Å². The highest BCUT2D eigenvalue weighted by molar-refractivity contribution is 7.92. The molecule has 2 aromatic rings. The lowest BCUT2D eigenvalue weighted by atomic mass is 10.2. The smallest absolute Gasteiger partial charge is 0.261 e. The summed E-state index contributed by atoms with van der Waals surface area (Å²) in [6.07, 6.45) is 2.41. The topological polar surface area (TPSA) is 87.7 Å². The molecule has 0 aromatic heterocycles. The van der Waals surface area contributed by atoms with Gasteiger partial charge in [-0.25, -0.2) is 8.42 Å². The summed E-state index contributed by atoms with van der Waals surface area (Å²) in [7, 11) is -0.212. The molecule has 3 rings (SSSR count). The molecule has 2 N–H and O–H groups in total. The molecule has 1 saturated carbocycles. The first-order valence-electron chi connectivity index (χ1n) is 9.57. The normalized spacial score (nSPS) is 15.0. The van der Waals surface area contributed by atoms with Crippen LogP contribution >= 0.6 is 0 Å². The summed E-state index contributed by atoms with van der Waals surface area (Å²) in [4.78, 5) is 14.8. The maximum absolute atomic E-state index is 12.7. The Morgan fingerprint density at radius 3 is 2.52 bits per heavy atom. The van der Waals surface area contributed by atoms with Crippen molar-refractivity contribution in [2.75, 3.05) is 25.4 Å². The molecule has 7 nitrogen and oxygen atoms in total. The van der Waals surface area contributed by atoms with Crippen molar-refractivity contribution in [1.29, 1.82) is 0 Å². The lowest BCUT2D eigenvalue weighted by Crippen LogP contribution is -2.41. The number of ether oxygens (including phenoxy) is 1. The molecule has 2 aromatic carbocycles. The summed E-state index contributed by atoms with van der Waals surface area (Å²) >= 11 is 0. The number of benzene rings is 2. The van der Waals surface area contributed by atoms with Crippen LogP contribution in [0.3, 0.4) is 0 Å². The van der Waals surface area contributed by atoms with E-state index < -0.39 is 10.0 Å². The molecule has 0 radical (unpaired) electrons. The van der Waals surface area contributed by atoms with Gasteiger partial charge in [0.05, 0.1) is 12.0 Å². The fraction of sp³-hybridized carbons (Fsp3) is 0.381. The second kappa shape index (κ2) is 8.84. The Bertz CT molecular complexity index is 956. The van der Waals surface area contributed by atoms with Crippen molar-refractivity contribution in [3.63, 3.8) is 0 Å². The number of nitrogens with one attached hydrogen (secondary N) is 2. The van der Waals surface area contributed by atoms with Crippen molar-refractivity contribution in [3.8, 4) is 5.75 Å². The van der Waals surface area contributed by atoms with E-state index in [9.17, 15) is 13.2 Å². The lowest BCUT2D eigenvalue weighted by Gasteiger charge is -2.24. The lowest BCUT2D eigenvalue weighted by molar-refractivity contribution is 0.0939. The number of anilines is 1. The van der Waals surface area contributed by atoms with Crippen LogP contribution in [0.15, 0.2) is 53.4 Å². The molecule has 1 unspecified atom stereocenters. The highest BCUT2D eigenvalue weighted by Gasteiger charge is 2.29. The molecule has 8 heteroatoms. The van der Waals surface area contributed by atoms with Crippen LogP contribution in [0.2, 0.25) is 0 Å². The minimum Gasteiger partial charge on any atom is -0.497 e. The number of sulfonamides is 1. The van der Waals surface area contributed by atoms with Gasteiger partial charge in [-0.3, -0.25) is 14.4 Å². The van der Waals surface area contributed by atoms with Crippen LogP contribution in [-0.4, -0.2) is 52.0 Å². The molecule has 0 heterocycles. The Labute approximate surface area is 172 Å². The average Bonchev–Trinajstić information content (AvgIpc) is 3.57. The van der Waals surface area contributed by atoms with E-state index in [1.807, 2.05) is 0 Å². The second-order valence-corrected chi connectivity index (χ2v) is 9.00. The predicted molar refractivity (Wildman–Crippen MR) is 113 cm³/mol. The van der Waals surface area contributed by atoms with Crippen LogP contribution in [0, 0.1) is 0 Å². The first kappa shape index (κ1) is 21.1. The van der Waals surface area contributed by atoms with Gasteiger partial charge in [0.2, 0.25) is 0 Å². The van der Waals surface area contributed by atoms with Gasteiger partial charge in [-0.1, -0.05) is 6.07 Å². The van der Waals surface area contributed by atoms with E-state index in [0.29, 0.717) is 29.6 Å². The highest BCUT2D eigenvalue weighted by Crippen LogP contribution is 2.26. The van der Waals surface area contributed by atoms with E-state index in [0.717, 1.165) is 0 Å². The SMILES string of the molecule is COc1ccc(NS(=O)(=O)c2cccc(C(=O)NCC(C)N(C)C3CC3)c2)cc1. The summed E-state index contributed by atoms with van der Waals surface area (Å²) in [5.74, 6) is 0.343. The molecule has 1 amide bonds. The molecule has 1 fully saturated rings. The fourth-order valence-corrected chi connectivity index (χ4v) is 4.11. The first-order chi connectivity index (χ1) is 13.8. The van der Waals surface area contributed by atoms with Crippen LogP contribution in [0.1, 0.15) is 30.1 Å². The molecule has 0 aliphatic heterocycles. The number of amides is 1. The fourth-order valence-electron chi connectivity index (χ4n) is 3.01. The minimum absolute atomic E-state index is 0.0316. The molecule has 1 atom stereocenters. The number of hydrogen-bond donors (Lipinski definition) is 2. The molecule has 1 aliphatic carbocycles. The van der Waals surface area contributed by atoms with Crippen molar-refractivity contribution in [1.82, 2.24) is 10.2 Å². The number of rotatable bonds is 9. The van der Waals surface area contributed by atoms with E-state index in [4.69, 9.17) is 4.74 Å². The van der Waals surface area contributed by atoms with Gasteiger partial charge < -0.3 is 10.1 Å². The summed E-state index contributed by atoms with van der Waals surface area (Å²) in [5.41, 5.74) is 0.724. The number of nitrogens with zero attached hydrogens (tertiary/aromatic N) is 1. The Morgan fingerprint density at radius 1 is 1.21 bits per heavy atom. The van der Waals surface area contributed by atoms with E-state index in [1.54, 1.807) is 43.5 Å². The number of methoxy groups -OCH3 is 1. The van der Waals surface area contributed by atoms with Crippen molar-refractivity contribution in [3.05, 3.63) is 54.1 Å². The quantitative estimate of drug-likeness (QED) is 0.655. The maximum atomic E-state index is 12.7. The van der Waals surface area contributed by atoms with Gasteiger partial charge in [-0.15, -0.1) is 0 Å². The summed E-state index contributed by atoms with van der Waals surface area (Å²) in [6, 6.07) is 13.4. The summed E-state index contributed by atoms with van der Waals surface area (Å²) in [5, 5.41) is 2.89. The van der Waals surface area contributed by atoms with Crippen molar-refractivity contribution < 1.29 is 17.9 Å². The largest absolute Gasteiger partial charge is 0.497 e. The number of likely N-dealkylation sites (N-methyl/N-ethyl adjacent to an activating group) is 1. The zero-order valence-electron chi connectivity index (χ0n) is 16.9. The number of carbonyl (C=O) groups is 1. The average molecular weight is 418 g/mol. The van der Waals surface area contributed by atoms with Gasteiger partial charge in [0, 0.05) is 29.9 Å². The third-order valence-electron chi connectivity index (χ3n) is 5.12. The van der Waals surface area contributed by atoms with Gasteiger partial charge in [-0.05, 0) is 69.3 Å². The van der Waals surface area contributed by atoms with Crippen LogP contribution < -0.4 is 14.8 Å². The van der Waals surface area contributed by atoms with E-state index in [2.05, 4.69) is 28.9 Å². The molecular weight excluding hydrogens is 390 g/mol. The molecule has 0 spiro atoms. The third-order valence-corrected chi connectivity index (χ3v) is 6.50. The van der Waals surface area contributed by atoms with Crippen LogP contribution in [0.5, 0.6) is 5.75 Å². The molecule has 0 saturated heterocycles. The number of hydrogen-bond acceptors (Lipinski definition) is 5. The van der Waals surface area contributed by atoms with Gasteiger partial charge >= 0.3 is 0 Å². The van der Waals surface area contributed by atoms with Gasteiger partial charge in [0.25, 0.3) is 15.9 Å². The molecular formula is C21H27N3O4S. The highest BCUT2D eigenvalue weighted by atomic mass is 32.2. The van der Waals surface area contributed by atoms with Crippen LogP contribution in [0.25, 0.3) is 0 Å². The Morgan fingerprint density at radius 2 is 1.90 bits per heavy atom. The van der Waals surface area contributed by atoms with Gasteiger partial charge in [-0.2, -0.15) is 0 Å². The monoisotopic (exact) mass is 417 g/mol. The van der Waals surface area contributed by atoms with Crippen LogP contribution in [0.4, 0.5) is 5.69 Å². The Hall–Kier alpha value is -2.58.